The Morgan fingerprint density at radius 3 is 2.09 bits per heavy atom. The van der Waals surface area contributed by atoms with Crippen LogP contribution < -0.4 is 21.3 Å². The Morgan fingerprint density at radius 2 is 1.50 bits per heavy atom. The fraction of sp³-hybridized carbons (Fsp3) is 0.375. The minimum Gasteiger partial charge on any atom is -0.385 e. The van der Waals surface area contributed by atoms with E-state index in [9.17, 15) is 14.4 Å². The fourth-order valence-electron chi connectivity index (χ4n) is 2.76. The molecule has 0 bridgehead atoms. The molecule has 2 aromatic carbocycles. The average molecular weight is 441 g/mol. The van der Waals surface area contributed by atoms with Crippen LogP contribution in [-0.4, -0.2) is 50.6 Å². The Morgan fingerprint density at radius 1 is 0.906 bits per heavy atom. The summed E-state index contributed by atoms with van der Waals surface area (Å²) >= 11 is 0. The molecular weight excluding hydrogens is 408 g/mol. The van der Waals surface area contributed by atoms with Crippen LogP contribution in [0, 0.1) is 0 Å². The molecule has 0 aromatic heterocycles. The molecule has 8 heteroatoms. The van der Waals surface area contributed by atoms with Gasteiger partial charge in [-0.1, -0.05) is 6.92 Å². The van der Waals surface area contributed by atoms with E-state index < -0.39 is 0 Å². The van der Waals surface area contributed by atoms with Gasteiger partial charge in [0.15, 0.2) is 0 Å². The maximum absolute atomic E-state index is 12.2. The van der Waals surface area contributed by atoms with Crippen LogP contribution in [-0.2, 0) is 9.53 Å². The van der Waals surface area contributed by atoms with Crippen LogP contribution in [0.15, 0.2) is 48.5 Å². The topological polar surface area (TPSA) is 109 Å². The highest BCUT2D eigenvalue weighted by Gasteiger charge is 2.09. The molecular formula is C24H32N4O4. The van der Waals surface area contributed by atoms with Gasteiger partial charge in [-0.3, -0.25) is 14.4 Å². The van der Waals surface area contributed by atoms with Gasteiger partial charge in [-0.05, 0) is 68.3 Å². The van der Waals surface area contributed by atoms with Crippen molar-refractivity contribution in [2.75, 3.05) is 37.4 Å². The quantitative estimate of drug-likeness (QED) is 0.380. The minimum absolute atomic E-state index is 0.0683. The molecule has 0 heterocycles. The number of hydrogen-bond donors (Lipinski definition) is 4. The summed E-state index contributed by atoms with van der Waals surface area (Å²) in [5, 5.41) is 11.5. The van der Waals surface area contributed by atoms with E-state index in [4.69, 9.17) is 4.74 Å². The molecule has 0 spiro atoms. The van der Waals surface area contributed by atoms with Crippen molar-refractivity contribution in [3.63, 3.8) is 0 Å². The predicted octanol–water partition coefficient (Wildman–Crippen LogP) is 3.03. The van der Waals surface area contributed by atoms with Gasteiger partial charge in [-0.25, -0.2) is 0 Å². The first-order valence-electron chi connectivity index (χ1n) is 10.7. The van der Waals surface area contributed by atoms with Crippen molar-refractivity contribution in [3.05, 3.63) is 59.7 Å². The number of nitrogens with one attached hydrogen (secondary N) is 4. The van der Waals surface area contributed by atoms with Gasteiger partial charge in [0.1, 0.15) is 0 Å². The lowest BCUT2D eigenvalue weighted by molar-refractivity contribution is -0.114. The Labute approximate surface area is 189 Å². The lowest BCUT2D eigenvalue weighted by atomic mass is 10.1. The Balaban J connectivity index is 1.78. The third-order valence-corrected chi connectivity index (χ3v) is 4.83. The largest absolute Gasteiger partial charge is 0.385 e. The monoisotopic (exact) mass is 440 g/mol. The highest BCUT2D eigenvalue weighted by molar-refractivity contribution is 5.97. The highest BCUT2D eigenvalue weighted by atomic mass is 16.5. The van der Waals surface area contributed by atoms with Gasteiger partial charge in [0, 0.05) is 48.8 Å². The number of anilines is 2. The number of hydrogen-bond acceptors (Lipinski definition) is 5. The molecule has 3 amide bonds. The van der Waals surface area contributed by atoms with E-state index in [0.717, 1.165) is 18.5 Å². The molecule has 0 fully saturated rings. The summed E-state index contributed by atoms with van der Waals surface area (Å²) in [6.07, 6.45) is 1.61. The van der Waals surface area contributed by atoms with Crippen molar-refractivity contribution in [3.8, 4) is 0 Å². The second kappa shape index (κ2) is 13.1. The van der Waals surface area contributed by atoms with Crippen molar-refractivity contribution in [1.29, 1.82) is 0 Å². The van der Waals surface area contributed by atoms with Crippen molar-refractivity contribution in [2.24, 2.45) is 0 Å². The van der Waals surface area contributed by atoms with Crippen LogP contribution in [0.5, 0.6) is 0 Å². The molecule has 8 nitrogen and oxygen atoms in total. The summed E-state index contributed by atoms with van der Waals surface area (Å²) < 4.78 is 4.95. The third-order valence-electron chi connectivity index (χ3n) is 4.83. The minimum atomic E-state index is -0.221. The zero-order chi connectivity index (χ0) is 23.3. The molecule has 0 aliphatic carbocycles. The lowest BCUT2D eigenvalue weighted by Gasteiger charge is -2.12. The second-order valence-electron chi connectivity index (χ2n) is 7.44. The first-order chi connectivity index (χ1) is 15.4. The van der Waals surface area contributed by atoms with E-state index in [-0.39, 0.29) is 30.3 Å². The van der Waals surface area contributed by atoms with E-state index in [1.165, 1.54) is 0 Å². The SMILES string of the molecule is CCC(C)NC(=O)c1ccc(NC(=O)CNc2ccc(C(=O)NCCCOC)cc2)cc1. The Bertz CT molecular complexity index is 882. The molecule has 2 rings (SSSR count). The summed E-state index contributed by atoms with van der Waals surface area (Å²) in [4.78, 5) is 36.4. The van der Waals surface area contributed by atoms with Crippen molar-refractivity contribution < 1.29 is 19.1 Å². The van der Waals surface area contributed by atoms with Gasteiger partial charge >= 0.3 is 0 Å². The Hall–Kier alpha value is -3.39. The zero-order valence-electron chi connectivity index (χ0n) is 18.9. The zero-order valence-corrected chi connectivity index (χ0v) is 18.9. The van der Waals surface area contributed by atoms with Crippen LogP contribution >= 0.6 is 0 Å². The van der Waals surface area contributed by atoms with E-state index in [1.807, 2.05) is 13.8 Å². The average Bonchev–Trinajstić information content (AvgIpc) is 2.81. The fourth-order valence-corrected chi connectivity index (χ4v) is 2.76. The molecule has 4 N–H and O–H groups in total. The van der Waals surface area contributed by atoms with Crippen molar-refractivity contribution in [2.45, 2.75) is 32.7 Å². The molecule has 0 radical (unpaired) electrons. The van der Waals surface area contributed by atoms with Crippen LogP contribution in [0.3, 0.4) is 0 Å². The van der Waals surface area contributed by atoms with Gasteiger partial charge in [-0.15, -0.1) is 0 Å². The van der Waals surface area contributed by atoms with Gasteiger partial charge < -0.3 is 26.0 Å². The number of ether oxygens (including phenoxy) is 1. The summed E-state index contributed by atoms with van der Waals surface area (Å²) in [7, 11) is 1.62. The van der Waals surface area contributed by atoms with Gasteiger partial charge in [0.2, 0.25) is 5.91 Å². The van der Waals surface area contributed by atoms with Crippen molar-refractivity contribution >= 4 is 29.1 Å². The number of amides is 3. The predicted molar refractivity (Wildman–Crippen MR) is 126 cm³/mol. The molecule has 0 aliphatic heterocycles. The molecule has 0 saturated heterocycles. The first kappa shape index (κ1) is 24.9. The number of carbonyl (C=O) groups excluding carboxylic acids is 3. The summed E-state index contributed by atoms with van der Waals surface area (Å²) in [6, 6.07) is 13.8. The molecule has 32 heavy (non-hydrogen) atoms. The molecule has 0 saturated carbocycles. The Kier molecular flexibility index (Phi) is 10.2. The molecule has 1 unspecified atom stereocenters. The standard InChI is InChI=1S/C24H32N4O4/c1-4-17(2)27-24(31)19-8-12-21(13-9-19)28-22(29)16-26-20-10-6-18(7-11-20)23(30)25-14-5-15-32-3/h6-13,17,26H,4-5,14-16H2,1-3H3,(H,25,30)(H,27,31)(H,28,29). The molecule has 172 valence electrons. The van der Waals surface area contributed by atoms with Gasteiger partial charge in [0.05, 0.1) is 6.54 Å². The molecule has 2 aromatic rings. The van der Waals surface area contributed by atoms with E-state index in [2.05, 4.69) is 21.3 Å². The summed E-state index contributed by atoms with van der Waals surface area (Å²) in [5.74, 6) is -0.501. The lowest BCUT2D eigenvalue weighted by Crippen LogP contribution is -2.31. The molecule has 1 atom stereocenters. The number of carbonyl (C=O) groups is 3. The third kappa shape index (κ3) is 8.39. The number of rotatable bonds is 12. The normalized spacial score (nSPS) is 11.3. The maximum atomic E-state index is 12.2. The molecule has 0 aliphatic rings. The van der Waals surface area contributed by atoms with Crippen LogP contribution in [0.25, 0.3) is 0 Å². The van der Waals surface area contributed by atoms with Gasteiger partial charge in [-0.2, -0.15) is 0 Å². The number of benzene rings is 2. The smallest absolute Gasteiger partial charge is 0.251 e. The van der Waals surface area contributed by atoms with Crippen LogP contribution in [0.4, 0.5) is 11.4 Å². The van der Waals surface area contributed by atoms with E-state index >= 15 is 0 Å². The number of methoxy groups -OCH3 is 1. The van der Waals surface area contributed by atoms with E-state index in [1.54, 1.807) is 55.6 Å². The van der Waals surface area contributed by atoms with Crippen molar-refractivity contribution in [1.82, 2.24) is 10.6 Å². The van der Waals surface area contributed by atoms with E-state index in [0.29, 0.717) is 30.0 Å². The highest BCUT2D eigenvalue weighted by Crippen LogP contribution is 2.12. The van der Waals surface area contributed by atoms with Gasteiger partial charge in [0.25, 0.3) is 11.8 Å². The van der Waals surface area contributed by atoms with Crippen LogP contribution in [0.1, 0.15) is 47.4 Å². The summed E-state index contributed by atoms with van der Waals surface area (Å²) in [5.41, 5.74) is 2.43. The second-order valence-corrected chi connectivity index (χ2v) is 7.44. The first-order valence-corrected chi connectivity index (χ1v) is 10.7. The maximum Gasteiger partial charge on any atom is 0.251 e. The van der Waals surface area contributed by atoms with Crippen LogP contribution in [0.2, 0.25) is 0 Å². The summed E-state index contributed by atoms with van der Waals surface area (Å²) in [6.45, 7) is 5.18.